The molecule has 7 nitrogen and oxygen atoms in total. The number of halogens is 1. The van der Waals surface area contributed by atoms with Crippen LogP contribution in [-0.4, -0.2) is 14.5 Å². The molecule has 8 heteroatoms. The Morgan fingerprint density at radius 1 is 1.14 bits per heavy atom. The van der Waals surface area contributed by atoms with Gasteiger partial charge in [0.1, 0.15) is 11.3 Å². The number of non-ortho nitro benzene ring substituents is 1. The summed E-state index contributed by atoms with van der Waals surface area (Å²) < 4.78 is 21.9. The fourth-order valence-corrected chi connectivity index (χ4v) is 3.08. The van der Waals surface area contributed by atoms with E-state index in [1.165, 1.54) is 16.8 Å². The number of benzene rings is 2. The van der Waals surface area contributed by atoms with Crippen molar-refractivity contribution in [1.82, 2.24) is 9.55 Å². The molecule has 0 fully saturated rings. The SMILES string of the molecule is Cn1cc(-c2cc([N+](=O)[O-])cc(F)c2Oc2ccccc2)c2cc[nH]c2c1=O. The molecule has 0 aliphatic rings. The molecule has 0 bridgehead atoms. The molecule has 2 aromatic carbocycles. The number of nitrogens with zero attached hydrogens (tertiary/aromatic N) is 2. The minimum absolute atomic E-state index is 0.155. The van der Waals surface area contributed by atoms with Crippen molar-refractivity contribution in [2.45, 2.75) is 0 Å². The van der Waals surface area contributed by atoms with Gasteiger partial charge < -0.3 is 14.3 Å². The Labute approximate surface area is 157 Å². The molecule has 4 rings (SSSR count). The summed E-state index contributed by atoms with van der Waals surface area (Å²) in [6.07, 6.45) is 3.09. The third kappa shape index (κ3) is 2.90. The first-order valence-corrected chi connectivity index (χ1v) is 8.33. The third-order valence-electron chi connectivity index (χ3n) is 4.39. The molecule has 0 amide bonds. The van der Waals surface area contributed by atoms with Crippen LogP contribution < -0.4 is 10.3 Å². The van der Waals surface area contributed by atoms with Gasteiger partial charge in [0.05, 0.1) is 11.0 Å². The molecule has 0 radical (unpaired) electrons. The Balaban J connectivity index is 2.02. The van der Waals surface area contributed by atoms with E-state index in [9.17, 15) is 19.3 Å². The van der Waals surface area contributed by atoms with Gasteiger partial charge in [0.25, 0.3) is 11.2 Å². The van der Waals surface area contributed by atoms with Gasteiger partial charge in [0, 0.05) is 42.0 Å². The summed E-state index contributed by atoms with van der Waals surface area (Å²) in [6.45, 7) is 0. The van der Waals surface area contributed by atoms with Crippen LogP contribution in [0.25, 0.3) is 22.0 Å². The monoisotopic (exact) mass is 379 g/mol. The van der Waals surface area contributed by atoms with Crippen LogP contribution in [0.3, 0.4) is 0 Å². The van der Waals surface area contributed by atoms with Gasteiger partial charge in [-0.25, -0.2) is 4.39 Å². The van der Waals surface area contributed by atoms with Crippen LogP contribution in [0, 0.1) is 15.9 Å². The highest BCUT2D eigenvalue weighted by Crippen LogP contribution is 2.40. The van der Waals surface area contributed by atoms with E-state index >= 15 is 0 Å². The second-order valence-corrected chi connectivity index (χ2v) is 6.20. The number of aryl methyl sites for hydroxylation is 1. The van der Waals surface area contributed by atoms with Gasteiger partial charge in [-0.3, -0.25) is 14.9 Å². The fourth-order valence-electron chi connectivity index (χ4n) is 3.08. The van der Waals surface area contributed by atoms with E-state index in [-0.39, 0.29) is 16.9 Å². The second kappa shape index (κ2) is 6.66. The fraction of sp³-hybridized carbons (Fsp3) is 0.0500. The molecule has 2 heterocycles. The molecule has 0 unspecified atom stereocenters. The molecule has 0 atom stereocenters. The topological polar surface area (TPSA) is 90.2 Å². The van der Waals surface area contributed by atoms with Crippen molar-refractivity contribution in [1.29, 1.82) is 0 Å². The highest BCUT2D eigenvalue weighted by Gasteiger charge is 2.22. The van der Waals surface area contributed by atoms with Crippen molar-refractivity contribution in [3.05, 3.63) is 87.2 Å². The van der Waals surface area contributed by atoms with Crippen molar-refractivity contribution < 1.29 is 14.1 Å². The highest BCUT2D eigenvalue weighted by molar-refractivity contribution is 5.96. The van der Waals surface area contributed by atoms with Crippen molar-refractivity contribution in [2.24, 2.45) is 7.05 Å². The van der Waals surface area contributed by atoms with Gasteiger partial charge in [-0.2, -0.15) is 0 Å². The first-order chi connectivity index (χ1) is 13.5. The molecule has 0 saturated carbocycles. The maximum atomic E-state index is 14.8. The van der Waals surface area contributed by atoms with E-state index in [0.717, 1.165) is 6.07 Å². The summed E-state index contributed by atoms with van der Waals surface area (Å²) in [5.74, 6) is -0.643. The zero-order chi connectivity index (χ0) is 19.8. The van der Waals surface area contributed by atoms with Crippen molar-refractivity contribution in [3.8, 4) is 22.6 Å². The van der Waals surface area contributed by atoms with E-state index in [2.05, 4.69) is 4.98 Å². The molecule has 0 aliphatic carbocycles. The second-order valence-electron chi connectivity index (χ2n) is 6.20. The van der Waals surface area contributed by atoms with E-state index in [0.29, 0.717) is 22.2 Å². The molecule has 0 spiro atoms. The van der Waals surface area contributed by atoms with Crippen LogP contribution >= 0.6 is 0 Å². The molecule has 4 aromatic rings. The first kappa shape index (κ1) is 17.5. The molecular formula is C20H14FN3O4. The summed E-state index contributed by atoms with van der Waals surface area (Å²) in [5, 5.41) is 11.8. The summed E-state index contributed by atoms with van der Waals surface area (Å²) in [4.78, 5) is 25.8. The van der Waals surface area contributed by atoms with Gasteiger partial charge >= 0.3 is 0 Å². The Bertz CT molecular complexity index is 1260. The maximum absolute atomic E-state index is 14.8. The number of H-pyrrole nitrogens is 1. The molecular weight excluding hydrogens is 365 g/mol. The van der Waals surface area contributed by atoms with Gasteiger partial charge in [0.2, 0.25) is 0 Å². The van der Waals surface area contributed by atoms with Gasteiger partial charge in [-0.15, -0.1) is 0 Å². The standard InChI is InChI=1S/C20H14FN3O4/c1-23-11-16(14-7-8-22-18(14)20(23)25)15-9-12(24(26)27)10-17(21)19(15)28-13-5-3-2-4-6-13/h2-11,22H,1H3. The zero-order valence-corrected chi connectivity index (χ0v) is 14.7. The average Bonchev–Trinajstić information content (AvgIpc) is 3.17. The normalized spacial score (nSPS) is 10.9. The number of aromatic nitrogens is 2. The molecule has 0 aliphatic heterocycles. The van der Waals surface area contributed by atoms with E-state index < -0.39 is 16.4 Å². The number of nitrogens with one attached hydrogen (secondary N) is 1. The van der Waals surface area contributed by atoms with Crippen LogP contribution in [-0.2, 0) is 7.05 Å². The number of hydrogen-bond acceptors (Lipinski definition) is 4. The summed E-state index contributed by atoms with van der Waals surface area (Å²) >= 11 is 0. The first-order valence-electron chi connectivity index (χ1n) is 8.33. The number of nitro benzene ring substituents is 1. The number of ether oxygens (including phenoxy) is 1. The van der Waals surface area contributed by atoms with Crippen molar-refractivity contribution in [3.63, 3.8) is 0 Å². The molecule has 2 aromatic heterocycles. The molecule has 0 saturated heterocycles. The Hall–Kier alpha value is -3.94. The average molecular weight is 379 g/mol. The quantitative estimate of drug-likeness (QED) is 0.421. The number of fused-ring (bicyclic) bond motifs is 1. The zero-order valence-electron chi connectivity index (χ0n) is 14.7. The Morgan fingerprint density at radius 2 is 1.89 bits per heavy atom. The lowest BCUT2D eigenvalue weighted by atomic mass is 10.0. The van der Waals surface area contributed by atoms with Crippen molar-refractivity contribution >= 4 is 16.6 Å². The largest absolute Gasteiger partial charge is 0.454 e. The van der Waals surface area contributed by atoms with Crippen molar-refractivity contribution in [2.75, 3.05) is 0 Å². The number of aromatic amines is 1. The van der Waals surface area contributed by atoms with E-state index in [1.54, 1.807) is 49.6 Å². The third-order valence-corrected chi connectivity index (χ3v) is 4.39. The van der Waals surface area contributed by atoms with E-state index in [1.807, 2.05) is 0 Å². The maximum Gasteiger partial charge on any atom is 0.274 e. The van der Waals surface area contributed by atoms with Crippen LogP contribution in [0.1, 0.15) is 0 Å². The number of pyridine rings is 1. The smallest absolute Gasteiger partial charge is 0.274 e. The van der Waals surface area contributed by atoms with Crippen LogP contribution in [0.15, 0.2) is 65.7 Å². The Morgan fingerprint density at radius 3 is 2.61 bits per heavy atom. The predicted octanol–water partition coefficient (Wildman–Crippen LogP) is 4.37. The molecule has 1 N–H and O–H groups in total. The van der Waals surface area contributed by atoms with Crippen LogP contribution in [0.2, 0.25) is 0 Å². The van der Waals surface area contributed by atoms with Crippen LogP contribution in [0.5, 0.6) is 11.5 Å². The lowest BCUT2D eigenvalue weighted by Crippen LogP contribution is -2.16. The van der Waals surface area contributed by atoms with E-state index in [4.69, 9.17) is 4.74 Å². The number of rotatable bonds is 4. The summed E-state index contributed by atoms with van der Waals surface area (Å²) in [6, 6.07) is 12.3. The lowest BCUT2D eigenvalue weighted by molar-refractivity contribution is -0.385. The predicted molar refractivity (Wildman–Crippen MR) is 102 cm³/mol. The number of nitro groups is 1. The molecule has 140 valence electrons. The molecule has 28 heavy (non-hydrogen) atoms. The van der Waals surface area contributed by atoms with Gasteiger partial charge in [-0.1, -0.05) is 18.2 Å². The summed E-state index contributed by atoms with van der Waals surface area (Å²) in [7, 11) is 1.55. The minimum atomic E-state index is -0.870. The number of para-hydroxylation sites is 1. The summed E-state index contributed by atoms with van der Waals surface area (Å²) in [5.41, 5.74) is 0.255. The highest BCUT2D eigenvalue weighted by atomic mass is 19.1. The van der Waals surface area contributed by atoms with Crippen LogP contribution in [0.4, 0.5) is 10.1 Å². The lowest BCUT2D eigenvalue weighted by Gasteiger charge is -2.14. The van der Waals surface area contributed by atoms with Gasteiger partial charge in [0.15, 0.2) is 11.6 Å². The minimum Gasteiger partial charge on any atom is -0.454 e. The Kier molecular flexibility index (Phi) is 4.15. The number of hydrogen-bond donors (Lipinski definition) is 1. The van der Waals surface area contributed by atoms with Gasteiger partial charge in [-0.05, 0) is 18.2 Å².